The summed E-state index contributed by atoms with van der Waals surface area (Å²) < 4.78 is 0. The van der Waals surface area contributed by atoms with Gasteiger partial charge in [-0.3, -0.25) is 0 Å². The number of rotatable bonds is 3. The van der Waals surface area contributed by atoms with Gasteiger partial charge in [-0.15, -0.1) is 0 Å². The molecule has 0 amide bonds. The molecule has 2 fully saturated rings. The molecule has 1 saturated carbocycles. The molecule has 1 aliphatic heterocycles. The first-order chi connectivity index (χ1) is 9.81. The smallest absolute Gasteiger partial charge is 0.0426 e. The van der Waals surface area contributed by atoms with Gasteiger partial charge in [0.25, 0.3) is 0 Å². The molecule has 0 radical (unpaired) electrons. The zero-order valence-electron chi connectivity index (χ0n) is 12.2. The highest BCUT2D eigenvalue weighted by molar-refractivity contribution is 6.30. The van der Waals surface area contributed by atoms with E-state index >= 15 is 0 Å². The number of hydrogen-bond donors (Lipinski definition) is 1. The minimum atomic E-state index is 0.644. The molecule has 1 N–H and O–H groups in total. The molecule has 0 bridgehead atoms. The topological polar surface area (TPSA) is 15.3 Å². The van der Waals surface area contributed by atoms with Gasteiger partial charge in [0.1, 0.15) is 0 Å². The molecule has 20 heavy (non-hydrogen) atoms. The highest BCUT2D eigenvalue weighted by Crippen LogP contribution is 2.24. The monoisotopic (exact) mass is 292 g/mol. The quantitative estimate of drug-likeness (QED) is 0.897. The molecule has 3 heteroatoms. The Bertz CT molecular complexity index is 429. The van der Waals surface area contributed by atoms with Crippen LogP contribution in [-0.2, 0) is 0 Å². The summed E-state index contributed by atoms with van der Waals surface area (Å²) in [7, 11) is 0. The van der Waals surface area contributed by atoms with Gasteiger partial charge in [0, 0.05) is 35.9 Å². The number of nitrogens with zero attached hydrogens (tertiary/aromatic N) is 1. The number of halogens is 1. The first-order valence-corrected chi connectivity index (χ1v) is 8.45. The van der Waals surface area contributed by atoms with Crippen LogP contribution in [0, 0.1) is 0 Å². The number of nitrogens with one attached hydrogen (secondary N) is 1. The first-order valence-electron chi connectivity index (χ1n) is 8.08. The van der Waals surface area contributed by atoms with Gasteiger partial charge in [-0.2, -0.15) is 0 Å². The lowest BCUT2D eigenvalue weighted by atomic mass is 9.93. The summed E-state index contributed by atoms with van der Waals surface area (Å²) in [6.45, 7) is 2.28. The fourth-order valence-corrected chi connectivity index (χ4v) is 3.81. The number of anilines is 1. The molecule has 0 aromatic heterocycles. The van der Waals surface area contributed by atoms with Gasteiger partial charge >= 0.3 is 0 Å². The molecule has 3 rings (SSSR count). The third-order valence-corrected chi connectivity index (χ3v) is 4.91. The Hall–Kier alpha value is -0.730. The van der Waals surface area contributed by atoms with Crippen molar-refractivity contribution in [2.24, 2.45) is 0 Å². The van der Waals surface area contributed by atoms with Crippen molar-refractivity contribution in [3.63, 3.8) is 0 Å². The van der Waals surface area contributed by atoms with E-state index in [1.807, 2.05) is 6.07 Å². The Kier molecular flexibility index (Phi) is 4.85. The maximum atomic E-state index is 6.11. The lowest BCUT2D eigenvalue weighted by molar-refractivity contribution is 0.312. The fraction of sp³-hybridized carbons (Fsp3) is 0.647. The first kappa shape index (κ1) is 14.2. The van der Waals surface area contributed by atoms with Crippen LogP contribution in [0.3, 0.4) is 0 Å². The van der Waals surface area contributed by atoms with Crippen molar-refractivity contribution < 1.29 is 0 Å². The zero-order chi connectivity index (χ0) is 13.8. The van der Waals surface area contributed by atoms with Crippen molar-refractivity contribution >= 4 is 17.3 Å². The standard InChI is InChI=1S/C17H25ClN2/c18-14-6-4-10-17(12-14)20-11-5-9-16(13-20)19-15-7-2-1-3-8-15/h4,6,10,12,15-16,19H,1-3,5,7-9,11,13H2. The maximum absolute atomic E-state index is 6.11. The molecule has 1 aromatic carbocycles. The maximum Gasteiger partial charge on any atom is 0.0426 e. The van der Waals surface area contributed by atoms with Crippen molar-refractivity contribution in [1.29, 1.82) is 0 Å². The van der Waals surface area contributed by atoms with Gasteiger partial charge in [0.15, 0.2) is 0 Å². The van der Waals surface area contributed by atoms with Crippen LogP contribution in [0.2, 0.25) is 5.02 Å². The van der Waals surface area contributed by atoms with Crippen LogP contribution >= 0.6 is 11.6 Å². The Balaban J connectivity index is 1.58. The molecule has 2 aliphatic rings. The summed E-state index contributed by atoms with van der Waals surface area (Å²) in [5, 5.41) is 4.74. The minimum absolute atomic E-state index is 0.644. The number of hydrogen-bond acceptors (Lipinski definition) is 2. The Morgan fingerprint density at radius 3 is 2.60 bits per heavy atom. The van der Waals surface area contributed by atoms with E-state index in [1.165, 1.54) is 50.6 Å². The van der Waals surface area contributed by atoms with Gasteiger partial charge in [0.2, 0.25) is 0 Å². The second-order valence-electron chi connectivity index (χ2n) is 6.27. The van der Waals surface area contributed by atoms with Crippen LogP contribution in [0.1, 0.15) is 44.9 Å². The third kappa shape index (κ3) is 3.67. The van der Waals surface area contributed by atoms with Crippen LogP contribution in [0.5, 0.6) is 0 Å². The zero-order valence-corrected chi connectivity index (χ0v) is 12.9. The van der Waals surface area contributed by atoms with E-state index in [-0.39, 0.29) is 0 Å². The van der Waals surface area contributed by atoms with E-state index < -0.39 is 0 Å². The van der Waals surface area contributed by atoms with E-state index in [0.29, 0.717) is 6.04 Å². The second kappa shape index (κ2) is 6.82. The summed E-state index contributed by atoms with van der Waals surface area (Å²) in [4.78, 5) is 2.48. The molecule has 1 unspecified atom stereocenters. The van der Waals surface area contributed by atoms with E-state index in [1.54, 1.807) is 0 Å². The molecule has 0 spiro atoms. The molecule has 110 valence electrons. The van der Waals surface area contributed by atoms with Gasteiger partial charge < -0.3 is 10.2 Å². The van der Waals surface area contributed by atoms with E-state index in [2.05, 4.69) is 28.4 Å². The normalized spacial score (nSPS) is 24.9. The van der Waals surface area contributed by atoms with Crippen molar-refractivity contribution in [2.75, 3.05) is 18.0 Å². The molecule has 1 atom stereocenters. The average Bonchev–Trinajstić information content (AvgIpc) is 2.49. The SMILES string of the molecule is Clc1cccc(N2CCCC(NC3CCCCC3)C2)c1. The molecule has 1 aromatic rings. The largest absolute Gasteiger partial charge is 0.370 e. The predicted molar refractivity (Wildman–Crippen MR) is 86.7 cm³/mol. The number of piperidine rings is 1. The Morgan fingerprint density at radius 1 is 1.00 bits per heavy atom. The van der Waals surface area contributed by atoms with Gasteiger partial charge in [-0.25, -0.2) is 0 Å². The highest BCUT2D eigenvalue weighted by atomic mass is 35.5. The Labute approximate surface area is 127 Å². The summed E-state index contributed by atoms with van der Waals surface area (Å²) in [5.41, 5.74) is 1.27. The number of benzene rings is 1. The minimum Gasteiger partial charge on any atom is -0.370 e. The lowest BCUT2D eigenvalue weighted by Crippen LogP contribution is -2.49. The van der Waals surface area contributed by atoms with Crippen LogP contribution in [0.25, 0.3) is 0 Å². The summed E-state index contributed by atoms with van der Waals surface area (Å²) in [6, 6.07) is 9.67. The summed E-state index contributed by atoms with van der Waals surface area (Å²) >= 11 is 6.11. The van der Waals surface area contributed by atoms with Gasteiger partial charge in [-0.05, 0) is 43.9 Å². The van der Waals surface area contributed by atoms with Crippen LogP contribution in [0.4, 0.5) is 5.69 Å². The highest BCUT2D eigenvalue weighted by Gasteiger charge is 2.23. The van der Waals surface area contributed by atoms with Crippen molar-refractivity contribution in [1.82, 2.24) is 5.32 Å². The van der Waals surface area contributed by atoms with Crippen molar-refractivity contribution in [2.45, 2.75) is 57.0 Å². The molecule has 2 nitrogen and oxygen atoms in total. The van der Waals surface area contributed by atoms with Crippen molar-refractivity contribution in [3.8, 4) is 0 Å². The second-order valence-corrected chi connectivity index (χ2v) is 6.70. The van der Waals surface area contributed by atoms with E-state index in [0.717, 1.165) is 24.2 Å². The van der Waals surface area contributed by atoms with Crippen LogP contribution in [-0.4, -0.2) is 25.2 Å². The van der Waals surface area contributed by atoms with E-state index in [9.17, 15) is 0 Å². The fourth-order valence-electron chi connectivity index (χ4n) is 3.62. The molecular weight excluding hydrogens is 268 g/mol. The van der Waals surface area contributed by atoms with Crippen molar-refractivity contribution in [3.05, 3.63) is 29.3 Å². The molecular formula is C17H25ClN2. The average molecular weight is 293 g/mol. The van der Waals surface area contributed by atoms with Gasteiger partial charge in [0.05, 0.1) is 0 Å². The van der Waals surface area contributed by atoms with Gasteiger partial charge in [-0.1, -0.05) is 36.9 Å². The van der Waals surface area contributed by atoms with E-state index in [4.69, 9.17) is 11.6 Å². The summed E-state index contributed by atoms with van der Waals surface area (Å²) in [6.07, 6.45) is 9.56. The summed E-state index contributed by atoms with van der Waals surface area (Å²) in [5.74, 6) is 0. The van der Waals surface area contributed by atoms with Crippen LogP contribution in [0.15, 0.2) is 24.3 Å². The molecule has 1 heterocycles. The third-order valence-electron chi connectivity index (χ3n) is 4.67. The molecule has 1 saturated heterocycles. The molecule has 1 aliphatic carbocycles. The van der Waals surface area contributed by atoms with Crippen LogP contribution < -0.4 is 10.2 Å². The lowest BCUT2D eigenvalue weighted by Gasteiger charge is -2.37. The predicted octanol–water partition coefficient (Wildman–Crippen LogP) is 4.23. The Morgan fingerprint density at radius 2 is 1.80 bits per heavy atom.